The number of fused-ring (bicyclic) bond motifs is 2. The number of nitrogens with one attached hydrogen (secondary N) is 1. The molecule has 1 N–H and O–H groups in total. The minimum absolute atomic E-state index is 0.123. The second-order valence-corrected chi connectivity index (χ2v) is 9.59. The van der Waals surface area contributed by atoms with Crippen LogP contribution < -0.4 is 9.47 Å². The van der Waals surface area contributed by atoms with E-state index in [1.165, 1.54) is 11.8 Å². The van der Waals surface area contributed by atoms with E-state index in [2.05, 4.69) is 9.56 Å². The van der Waals surface area contributed by atoms with E-state index in [1.54, 1.807) is 18.1 Å². The molecule has 2 aliphatic rings. The summed E-state index contributed by atoms with van der Waals surface area (Å²) < 4.78 is 13.3. The Morgan fingerprint density at radius 1 is 1.00 bits per heavy atom. The lowest BCUT2D eigenvalue weighted by molar-refractivity contribution is -0.114. The highest BCUT2D eigenvalue weighted by Gasteiger charge is 2.36. The number of carbonyl (C=O) groups is 1. The van der Waals surface area contributed by atoms with Gasteiger partial charge in [-0.25, -0.2) is 0 Å². The van der Waals surface area contributed by atoms with Crippen molar-refractivity contribution in [2.45, 2.75) is 6.54 Å². The average Bonchev–Trinajstić information content (AvgIpc) is 3.53. The van der Waals surface area contributed by atoms with E-state index >= 15 is 0 Å². The molecule has 0 saturated heterocycles. The fraction of sp³-hybridized carbons (Fsp3) is 0.100. The first-order chi connectivity index (χ1) is 18.6. The monoisotopic (exact) mass is 520 g/mol. The van der Waals surface area contributed by atoms with Gasteiger partial charge in [-0.2, -0.15) is 4.99 Å². The average molecular weight is 521 g/mol. The third kappa shape index (κ3) is 4.39. The Morgan fingerprint density at radius 3 is 2.63 bits per heavy atom. The van der Waals surface area contributed by atoms with Crippen molar-refractivity contribution in [3.63, 3.8) is 0 Å². The highest BCUT2D eigenvalue weighted by molar-refractivity contribution is 8.17. The number of nitrogens with zero attached hydrogens (tertiary/aromatic N) is 3. The molecule has 0 unspecified atom stereocenters. The second-order valence-electron chi connectivity index (χ2n) is 8.75. The van der Waals surface area contributed by atoms with Crippen LogP contribution in [0.15, 0.2) is 101 Å². The van der Waals surface area contributed by atoms with E-state index in [9.17, 15) is 4.79 Å². The van der Waals surface area contributed by atoms with Gasteiger partial charge in [-0.15, -0.1) is 0 Å². The largest absolute Gasteiger partial charge is 0.497 e. The molecule has 1 aromatic heterocycles. The smallest absolute Gasteiger partial charge is 0.283 e. The summed E-state index contributed by atoms with van der Waals surface area (Å²) in [7, 11) is 1.63. The Kier molecular flexibility index (Phi) is 6.31. The highest BCUT2D eigenvalue weighted by Crippen LogP contribution is 2.37. The van der Waals surface area contributed by atoms with Gasteiger partial charge in [0.05, 0.1) is 24.9 Å². The van der Waals surface area contributed by atoms with Gasteiger partial charge in [0, 0.05) is 34.1 Å². The fourth-order valence-corrected chi connectivity index (χ4v) is 5.49. The molecule has 0 bridgehead atoms. The topological polar surface area (TPSA) is 79.9 Å². The van der Waals surface area contributed by atoms with Crippen molar-refractivity contribution in [2.75, 3.05) is 13.7 Å². The fourth-order valence-electron chi connectivity index (χ4n) is 4.60. The van der Waals surface area contributed by atoms with Crippen LogP contribution in [0.25, 0.3) is 22.7 Å². The van der Waals surface area contributed by atoms with Crippen molar-refractivity contribution >= 4 is 51.3 Å². The van der Waals surface area contributed by atoms with Gasteiger partial charge in [-0.05, 0) is 29.8 Å². The summed E-state index contributed by atoms with van der Waals surface area (Å²) in [6, 6.07) is 25.4. The summed E-state index contributed by atoms with van der Waals surface area (Å²) in [6.45, 7) is 1.07. The summed E-state index contributed by atoms with van der Waals surface area (Å²) in [4.78, 5) is 19.1. The number of amides is 1. The molecule has 0 fully saturated rings. The molecular weight excluding hydrogens is 496 g/mol. The van der Waals surface area contributed by atoms with Crippen LogP contribution in [-0.2, 0) is 11.3 Å². The predicted octanol–water partition coefficient (Wildman–Crippen LogP) is 6.03. The number of methoxy groups -OCH3 is 1. The summed E-state index contributed by atoms with van der Waals surface area (Å²) >= 11 is 1.36. The molecule has 0 atom stereocenters. The first-order valence-electron chi connectivity index (χ1n) is 12.1. The van der Waals surface area contributed by atoms with Gasteiger partial charge in [-0.3, -0.25) is 15.1 Å². The predicted molar refractivity (Wildman–Crippen MR) is 152 cm³/mol. The molecule has 3 heterocycles. The van der Waals surface area contributed by atoms with Crippen molar-refractivity contribution in [3.05, 3.63) is 107 Å². The quantitative estimate of drug-likeness (QED) is 0.301. The number of hydrogen-bond donors (Lipinski definition) is 1. The molecule has 0 aliphatic carbocycles. The summed E-state index contributed by atoms with van der Waals surface area (Å²) in [5.41, 5.74) is 3.94. The first-order valence-corrected chi connectivity index (χ1v) is 13.0. The Hall–Kier alpha value is -4.56. The van der Waals surface area contributed by atoms with Crippen LogP contribution >= 0.6 is 11.8 Å². The molecule has 0 radical (unpaired) electrons. The van der Waals surface area contributed by atoms with E-state index in [1.807, 2.05) is 90.5 Å². The Labute approximate surface area is 224 Å². The molecule has 1 amide bonds. The van der Waals surface area contributed by atoms with Crippen LogP contribution in [0.3, 0.4) is 0 Å². The molecule has 3 aromatic carbocycles. The second kappa shape index (κ2) is 10.1. The maximum atomic E-state index is 13.0. The Morgan fingerprint density at radius 2 is 1.79 bits per heavy atom. The number of rotatable bonds is 7. The zero-order valence-corrected chi connectivity index (χ0v) is 21.4. The number of benzene rings is 3. The van der Waals surface area contributed by atoms with Crippen molar-refractivity contribution < 1.29 is 14.3 Å². The third-order valence-electron chi connectivity index (χ3n) is 6.45. The molecule has 2 aliphatic heterocycles. The molecule has 0 spiro atoms. The molecular formula is C30H24N4O3S. The van der Waals surface area contributed by atoms with E-state index < -0.39 is 5.91 Å². The van der Waals surface area contributed by atoms with Gasteiger partial charge in [0.2, 0.25) is 0 Å². The number of aromatic nitrogens is 1. The number of hydrogen-bond acceptors (Lipinski definition) is 5. The van der Waals surface area contributed by atoms with E-state index in [0.717, 1.165) is 39.2 Å². The molecule has 4 aromatic rings. The lowest BCUT2D eigenvalue weighted by Crippen LogP contribution is -2.38. The van der Waals surface area contributed by atoms with Gasteiger partial charge in [0.25, 0.3) is 5.91 Å². The zero-order chi connectivity index (χ0) is 26.1. The number of thioether (sulfide) groups is 1. The maximum Gasteiger partial charge on any atom is 0.283 e. The molecule has 38 heavy (non-hydrogen) atoms. The van der Waals surface area contributed by atoms with Gasteiger partial charge in [-0.1, -0.05) is 66.4 Å². The summed E-state index contributed by atoms with van der Waals surface area (Å²) in [5, 5.41) is 12.4. The van der Waals surface area contributed by atoms with Crippen molar-refractivity contribution in [2.24, 2.45) is 4.99 Å². The van der Waals surface area contributed by atoms with Crippen molar-refractivity contribution in [1.29, 1.82) is 5.41 Å². The SMILES string of the molecule is COc1cccc(OCCn2cc(C=C3C(=N)N4C(c5ccccc5)=CSC4=NC3=O)c3ccccc32)c1. The Bertz CT molecular complexity index is 1650. The van der Waals surface area contributed by atoms with Gasteiger partial charge in [0.15, 0.2) is 5.17 Å². The van der Waals surface area contributed by atoms with Crippen LogP contribution in [0.2, 0.25) is 0 Å². The van der Waals surface area contributed by atoms with Crippen molar-refractivity contribution in [3.8, 4) is 11.5 Å². The minimum Gasteiger partial charge on any atom is -0.497 e. The number of amidine groups is 2. The van der Waals surface area contributed by atoms with E-state index in [0.29, 0.717) is 18.3 Å². The zero-order valence-electron chi connectivity index (χ0n) is 20.6. The standard InChI is InChI=1S/C30H24N4O3S/c1-36-22-10-7-11-23(17-22)37-15-14-33-18-21(24-12-5-6-13-26(24)33)16-25-28(31)34-27(20-8-3-2-4-9-20)19-38-30(34)32-29(25)35/h2-13,16-19,31H,14-15H2,1H3. The number of ether oxygens (including phenoxy) is 2. The molecule has 188 valence electrons. The van der Waals surface area contributed by atoms with Gasteiger partial charge in [0.1, 0.15) is 23.9 Å². The summed E-state index contributed by atoms with van der Waals surface area (Å²) in [5.74, 6) is 1.20. The molecule has 8 heteroatoms. The summed E-state index contributed by atoms with van der Waals surface area (Å²) in [6.07, 6.45) is 3.78. The van der Waals surface area contributed by atoms with Gasteiger partial charge < -0.3 is 14.0 Å². The first kappa shape index (κ1) is 23.8. The number of carbonyl (C=O) groups excluding carboxylic acids is 1. The Balaban J connectivity index is 1.29. The lowest BCUT2D eigenvalue weighted by Gasteiger charge is -2.26. The minimum atomic E-state index is -0.408. The van der Waals surface area contributed by atoms with Crippen LogP contribution in [0.4, 0.5) is 0 Å². The van der Waals surface area contributed by atoms with Crippen LogP contribution in [0.1, 0.15) is 11.1 Å². The highest BCUT2D eigenvalue weighted by atomic mass is 32.2. The molecule has 7 nitrogen and oxygen atoms in total. The lowest BCUT2D eigenvalue weighted by atomic mass is 10.1. The molecule has 6 rings (SSSR count). The van der Waals surface area contributed by atoms with Gasteiger partial charge >= 0.3 is 0 Å². The third-order valence-corrected chi connectivity index (χ3v) is 7.27. The maximum absolute atomic E-state index is 13.0. The van der Waals surface area contributed by atoms with Crippen molar-refractivity contribution in [1.82, 2.24) is 9.47 Å². The number of aliphatic imine (C=N–C) groups is 1. The number of para-hydroxylation sites is 1. The van der Waals surface area contributed by atoms with Crippen LogP contribution in [0, 0.1) is 5.41 Å². The van der Waals surface area contributed by atoms with E-state index in [-0.39, 0.29) is 11.4 Å². The van der Waals surface area contributed by atoms with E-state index in [4.69, 9.17) is 14.9 Å². The van der Waals surface area contributed by atoms with Crippen LogP contribution in [-0.4, -0.2) is 40.1 Å². The molecule has 0 saturated carbocycles. The normalized spacial score (nSPS) is 16.0. The van der Waals surface area contributed by atoms with Crippen LogP contribution in [0.5, 0.6) is 11.5 Å².